The molecule has 1 aromatic heterocycles. The van der Waals surface area contributed by atoms with E-state index in [2.05, 4.69) is 27.7 Å². The smallest absolute Gasteiger partial charge is 0.262 e. The Hall–Kier alpha value is -1.94. The third-order valence-corrected chi connectivity index (χ3v) is 10.1. The quantitative estimate of drug-likeness (QED) is 0.195. The number of halogens is 1. The first-order valence-corrected chi connectivity index (χ1v) is 16.3. The van der Waals surface area contributed by atoms with E-state index < -0.39 is 15.5 Å². The van der Waals surface area contributed by atoms with Crippen molar-refractivity contribution < 1.29 is 18.0 Å². The van der Waals surface area contributed by atoms with Gasteiger partial charge in [0, 0.05) is 23.7 Å². The van der Waals surface area contributed by atoms with Crippen LogP contribution in [0.4, 0.5) is 5.69 Å². The molecule has 1 aromatic carbocycles. The van der Waals surface area contributed by atoms with Gasteiger partial charge in [-0.2, -0.15) is 0 Å². The number of amides is 2. The van der Waals surface area contributed by atoms with Gasteiger partial charge in [-0.05, 0) is 88.2 Å². The number of carbonyl (C=O) groups is 2. The normalized spacial score (nSPS) is 15.2. The Labute approximate surface area is 243 Å². The topological polar surface area (TPSA) is 95.6 Å². The highest BCUT2D eigenvalue weighted by atomic mass is 35.5. The molecule has 0 radical (unpaired) electrons. The van der Waals surface area contributed by atoms with Gasteiger partial charge in [0.25, 0.3) is 5.91 Å². The molecule has 2 heterocycles. The van der Waals surface area contributed by atoms with Crippen LogP contribution in [0.15, 0.2) is 29.6 Å². The van der Waals surface area contributed by atoms with Crippen LogP contribution in [0.1, 0.15) is 92.9 Å². The molecule has 1 fully saturated rings. The fourth-order valence-electron chi connectivity index (χ4n) is 4.75. The Morgan fingerprint density at radius 2 is 1.82 bits per heavy atom. The Balaban J connectivity index is 1.31. The number of likely N-dealkylation sites (tertiary alicyclic amines) is 1. The van der Waals surface area contributed by atoms with E-state index in [1.165, 1.54) is 16.9 Å². The molecule has 7 nitrogen and oxygen atoms in total. The van der Waals surface area contributed by atoms with Gasteiger partial charge < -0.3 is 15.5 Å². The lowest BCUT2D eigenvalue weighted by molar-refractivity contribution is -0.118. The van der Waals surface area contributed by atoms with Crippen molar-refractivity contribution in [2.24, 2.45) is 5.92 Å². The lowest BCUT2D eigenvalue weighted by Gasteiger charge is -2.32. The molecular formula is C29H42ClN3O4S2. The van der Waals surface area contributed by atoms with E-state index in [9.17, 15) is 18.0 Å². The number of thiol groups is 1. The van der Waals surface area contributed by atoms with E-state index in [4.69, 9.17) is 11.6 Å². The predicted molar refractivity (Wildman–Crippen MR) is 162 cm³/mol. The molecule has 2 N–H and O–H groups in total. The number of piperidine rings is 1. The van der Waals surface area contributed by atoms with Gasteiger partial charge in [-0.3, -0.25) is 9.59 Å². The van der Waals surface area contributed by atoms with Crippen molar-refractivity contribution in [1.82, 2.24) is 10.2 Å². The van der Waals surface area contributed by atoms with Gasteiger partial charge in [0.05, 0.1) is 9.77 Å². The average molecular weight is 596 g/mol. The number of anilines is 1. The molecule has 2 aromatic rings. The number of nitrogens with one attached hydrogen (secondary N) is 2. The number of benzene rings is 1. The molecule has 1 aliphatic rings. The zero-order valence-electron chi connectivity index (χ0n) is 23.4. The number of thiophene rings is 1. The molecule has 0 unspecified atom stereocenters. The van der Waals surface area contributed by atoms with E-state index in [0.29, 0.717) is 22.9 Å². The van der Waals surface area contributed by atoms with E-state index in [1.54, 1.807) is 19.2 Å². The van der Waals surface area contributed by atoms with Crippen LogP contribution in [0.5, 0.6) is 0 Å². The Morgan fingerprint density at radius 1 is 1.13 bits per heavy atom. The molecular weight excluding hydrogens is 554 g/mol. The van der Waals surface area contributed by atoms with Crippen LogP contribution < -0.4 is 10.6 Å². The van der Waals surface area contributed by atoms with Crippen molar-refractivity contribution in [3.05, 3.63) is 50.7 Å². The summed E-state index contributed by atoms with van der Waals surface area (Å²) in [6.45, 7) is 10.8. The van der Waals surface area contributed by atoms with Gasteiger partial charge in [0.1, 0.15) is 15.6 Å². The van der Waals surface area contributed by atoms with Gasteiger partial charge >= 0.3 is 0 Å². The summed E-state index contributed by atoms with van der Waals surface area (Å²) < 4.78 is 22.0. The van der Waals surface area contributed by atoms with Gasteiger partial charge in [-0.25, -0.2) is 8.42 Å². The molecule has 0 atom stereocenters. The van der Waals surface area contributed by atoms with Gasteiger partial charge in [-0.1, -0.05) is 50.4 Å². The number of unbranched alkanes of at least 4 members (excludes halogenated alkanes) is 3. The second kappa shape index (κ2) is 14.6. The monoisotopic (exact) mass is 595 g/mol. The number of carbonyl (C=O) groups excluding carboxylic acids is 2. The molecule has 1 saturated heterocycles. The van der Waals surface area contributed by atoms with Gasteiger partial charge in [0.15, 0.2) is 0 Å². The van der Waals surface area contributed by atoms with E-state index in [1.807, 2.05) is 26.0 Å². The number of hydrogen-bond acceptors (Lipinski definition) is 6. The second-order valence-corrected chi connectivity index (χ2v) is 14.1. The fraction of sp³-hybridized carbons (Fsp3) is 0.586. The molecule has 0 bridgehead atoms. The standard InChI is InChI=1S/C29H42ClN3O4S2/c1-20(2)27(34)32-23-11-9-10-22(18-23)21-12-16-33(17-13-21)15-8-6-5-7-14-31-28(35)26-25(30)24(19-38-26)29(3,4)39(36)37/h9-11,18-21,39H,5-8,12-17H2,1-4H3,(H,31,35)(H,32,34). The highest BCUT2D eigenvalue weighted by Gasteiger charge is 2.31. The highest BCUT2D eigenvalue weighted by molar-refractivity contribution is 7.73. The minimum absolute atomic E-state index is 0.0338. The van der Waals surface area contributed by atoms with Crippen molar-refractivity contribution in [2.75, 3.05) is 31.5 Å². The van der Waals surface area contributed by atoms with Crippen LogP contribution in [0.25, 0.3) is 0 Å². The van der Waals surface area contributed by atoms with Crippen LogP contribution in [-0.2, 0) is 20.2 Å². The fourth-order valence-corrected chi connectivity index (χ4v) is 6.89. The number of rotatable bonds is 13. The SMILES string of the molecule is CC(C)C(=O)Nc1cccc(C2CCN(CCCCCCNC(=O)c3scc(C(C)(C)[SH](=O)=O)c3Cl)CC2)c1. The number of nitrogens with zero attached hydrogens (tertiary/aromatic N) is 1. The zero-order valence-corrected chi connectivity index (χ0v) is 25.9. The molecule has 3 rings (SSSR count). The summed E-state index contributed by atoms with van der Waals surface area (Å²) in [4.78, 5) is 27.5. The maximum Gasteiger partial charge on any atom is 0.262 e. The lowest BCUT2D eigenvalue weighted by atomic mass is 9.89. The summed E-state index contributed by atoms with van der Waals surface area (Å²) in [5, 5.41) is 7.82. The second-order valence-electron chi connectivity index (χ2n) is 11.2. The van der Waals surface area contributed by atoms with Crippen LogP contribution in [-0.4, -0.2) is 51.3 Å². The van der Waals surface area contributed by atoms with E-state index >= 15 is 0 Å². The maximum absolute atomic E-state index is 12.5. The predicted octanol–water partition coefficient (Wildman–Crippen LogP) is 6.01. The Morgan fingerprint density at radius 3 is 2.49 bits per heavy atom. The third kappa shape index (κ3) is 8.77. The van der Waals surface area contributed by atoms with Gasteiger partial charge in [-0.15, -0.1) is 11.3 Å². The lowest BCUT2D eigenvalue weighted by Crippen LogP contribution is -2.33. The first kappa shape index (κ1) is 31.6. The van der Waals surface area contributed by atoms with Crippen molar-refractivity contribution in [3.8, 4) is 0 Å². The van der Waals surface area contributed by atoms with Gasteiger partial charge in [0.2, 0.25) is 5.91 Å². The summed E-state index contributed by atoms with van der Waals surface area (Å²) in [6.07, 6.45) is 6.44. The zero-order chi connectivity index (χ0) is 28.6. The minimum Gasteiger partial charge on any atom is -0.351 e. The summed E-state index contributed by atoms with van der Waals surface area (Å²) in [6, 6.07) is 8.29. The molecule has 10 heteroatoms. The maximum atomic E-state index is 12.5. The molecule has 216 valence electrons. The van der Waals surface area contributed by atoms with Crippen molar-refractivity contribution in [2.45, 2.75) is 76.9 Å². The molecule has 2 amide bonds. The van der Waals surface area contributed by atoms with E-state index in [0.717, 1.165) is 63.8 Å². The van der Waals surface area contributed by atoms with Crippen molar-refractivity contribution >= 4 is 51.1 Å². The summed E-state index contributed by atoms with van der Waals surface area (Å²) in [5.74, 6) is 0.298. The number of hydrogen-bond donors (Lipinski definition) is 3. The highest BCUT2D eigenvalue weighted by Crippen LogP contribution is 2.37. The summed E-state index contributed by atoms with van der Waals surface area (Å²) >= 11 is 7.53. The van der Waals surface area contributed by atoms with Crippen LogP contribution in [0.2, 0.25) is 5.02 Å². The summed E-state index contributed by atoms with van der Waals surface area (Å²) in [5.41, 5.74) is 2.67. The van der Waals surface area contributed by atoms with Crippen LogP contribution >= 0.6 is 22.9 Å². The Bertz CT molecular complexity index is 1190. The van der Waals surface area contributed by atoms with Crippen molar-refractivity contribution in [1.29, 1.82) is 0 Å². The van der Waals surface area contributed by atoms with Crippen LogP contribution in [0.3, 0.4) is 0 Å². The first-order chi connectivity index (χ1) is 18.5. The van der Waals surface area contributed by atoms with Crippen molar-refractivity contribution in [3.63, 3.8) is 0 Å². The first-order valence-electron chi connectivity index (χ1n) is 13.8. The van der Waals surface area contributed by atoms with E-state index in [-0.39, 0.29) is 22.8 Å². The summed E-state index contributed by atoms with van der Waals surface area (Å²) in [7, 11) is -2.71. The molecule has 39 heavy (non-hydrogen) atoms. The largest absolute Gasteiger partial charge is 0.351 e. The average Bonchev–Trinajstić information content (AvgIpc) is 3.30. The molecule has 1 aliphatic heterocycles. The molecule has 0 saturated carbocycles. The van der Waals surface area contributed by atoms with Crippen LogP contribution in [0, 0.1) is 5.92 Å². The minimum atomic E-state index is -2.71. The Kier molecular flexibility index (Phi) is 11.8. The third-order valence-electron chi connectivity index (χ3n) is 7.48. The molecule has 0 spiro atoms. The molecule has 0 aliphatic carbocycles.